The fourth-order valence-electron chi connectivity index (χ4n) is 1.46. The third-order valence-electron chi connectivity index (χ3n) is 3.19. The standard InChI is InChI=1S/C13H17F3N2O2/c1-8(12(2,3)4)17-11-6-5-9(18(19)20)7-10(11)13(14,15)16/h5-8,17H,1-4H3. The van der Waals surface area contributed by atoms with E-state index in [-0.39, 0.29) is 17.1 Å². The van der Waals surface area contributed by atoms with Gasteiger partial charge in [-0.25, -0.2) is 0 Å². The zero-order valence-corrected chi connectivity index (χ0v) is 11.7. The van der Waals surface area contributed by atoms with Gasteiger partial charge in [0.1, 0.15) is 0 Å². The quantitative estimate of drug-likeness (QED) is 0.660. The van der Waals surface area contributed by atoms with Gasteiger partial charge < -0.3 is 5.32 Å². The molecule has 1 N–H and O–H groups in total. The third-order valence-corrected chi connectivity index (χ3v) is 3.19. The summed E-state index contributed by atoms with van der Waals surface area (Å²) in [7, 11) is 0. The topological polar surface area (TPSA) is 55.2 Å². The Balaban J connectivity index is 3.23. The van der Waals surface area contributed by atoms with Gasteiger partial charge in [-0.05, 0) is 18.4 Å². The second kappa shape index (κ2) is 5.30. The zero-order chi connectivity index (χ0) is 15.7. The van der Waals surface area contributed by atoms with Crippen molar-refractivity contribution in [1.82, 2.24) is 0 Å². The molecule has 0 amide bonds. The van der Waals surface area contributed by atoms with Gasteiger partial charge in [0.25, 0.3) is 5.69 Å². The number of anilines is 1. The van der Waals surface area contributed by atoms with E-state index in [0.717, 1.165) is 12.1 Å². The molecular weight excluding hydrogens is 273 g/mol. The van der Waals surface area contributed by atoms with Gasteiger partial charge >= 0.3 is 6.18 Å². The second-order valence-electron chi connectivity index (χ2n) is 5.72. The number of rotatable bonds is 3. The molecule has 1 atom stereocenters. The summed E-state index contributed by atoms with van der Waals surface area (Å²) < 4.78 is 38.9. The highest BCUT2D eigenvalue weighted by molar-refractivity contribution is 5.58. The smallest absolute Gasteiger partial charge is 0.382 e. The van der Waals surface area contributed by atoms with Crippen LogP contribution in [0.25, 0.3) is 0 Å². The molecule has 0 saturated carbocycles. The number of nitrogens with zero attached hydrogens (tertiary/aromatic N) is 1. The van der Waals surface area contributed by atoms with E-state index in [9.17, 15) is 23.3 Å². The largest absolute Gasteiger partial charge is 0.418 e. The predicted molar refractivity (Wildman–Crippen MR) is 70.6 cm³/mol. The van der Waals surface area contributed by atoms with E-state index in [1.165, 1.54) is 0 Å². The van der Waals surface area contributed by atoms with E-state index >= 15 is 0 Å². The molecule has 0 aliphatic carbocycles. The maximum Gasteiger partial charge on any atom is 0.418 e. The number of nitro benzene ring substituents is 1. The Morgan fingerprint density at radius 2 is 1.80 bits per heavy atom. The lowest BCUT2D eigenvalue weighted by Crippen LogP contribution is -2.31. The Labute approximate surface area is 115 Å². The summed E-state index contributed by atoms with van der Waals surface area (Å²) in [4.78, 5) is 9.75. The monoisotopic (exact) mass is 290 g/mol. The van der Waals surface area contributed by atoms with Crippen molar-refractivity contribution in [3.05, 3.63) is 33.9 Å². The molecule has 7 heteroatoms. The molecule has 0 saturated heterocycles. The van der Waals surface area contributed by atoms with Crippen molar-refractivity contribution in [2.45, 2.75) is 39.9 Å². The zero-order valence-electron chi connectivity index (χ0n) is 11.7. The third kappa shape index (κ3) is 3.85. The van der Waals surface area contributed by atoms with Gasteiger partial charge in [0, 0.05) is 23.9 Å². The van der Waals surface area contributed by atoms with E-state index in [4.69, 9.17) is 0 Å². The molecule has 0 spiro atoms. The van der Waals surface area contributed by atoms with E-state index in [2.05, 4.69) is 5.32 Å². The van der Waals surface area contributed by atoms with Crippen molar-refractivity contribution in [3.8, 4) is 0 Å². The summed E-state index contributed by atoms with van der Waals surface area (Å²) in [5.41, 5.74) is -2.00. The van der Waals surface area contributed by atoms with Gasteiger partial charge in [0.15, 0.2) is 0 Å². The first-order valence-corrected chi connectivity index (χ1v) is 6.05. The molecule has 1 unspecified atom stereocenters. The summed E-state index contributed by atoms with van der Waals surface area (Å²) in [6, 6.07) is 2.48. The molecular formula is C13H17F3N2O2. The SMILES string of the molecule is CC(Nc1ccc([N+](=O)[O-])cc1C(F)(F)F)C(C)(C)C. The first-order chi connectivity index (χ1) is 8.93. The summed E-state index contributed by atoms with van der Waals surface area (Å²) in [5.74, 6) is 0. The Kier molecular flexibility index (Phi) is 4.31. The Bertz CT molecular complexity index is 507. The number of benzene rings is 1. The minimum absolute atomic E-state index is 0.148. The summed E-state index contributed by atoms with van der Waals surface area (Å²) in [5, 5.41) is 13.4. The van der Waals surface area contributed by atoms with Gasteiger partial charge in [-0.2, -0.15) is 13.2 Å². The van der Waals surface area contributed by atoms with E-state index in [0.29, 0.717) is 6.07 Å². The first-order valence-electron chi connectivity index (χ1n) is 6.05. The average Bonchev–Trinajstić information content (AvgIpc) is 2.26. The molecule has 1 aromatic carbocycles. The highest BCUT2D eigenvalue weighted by atomic mass is 19.4. The van der Waals surface area contributed by atoms with Crippen LogP contribution < -0.4 is 5.32 Å². The van der Waals surface area contributed by atoms with Crippen LogP contribution in [-0.2, 0) is 6.18 Å². The average molecular weight is 290 g/mol. The molecule has 0 radical (unpaired) electrons. The maximum atomic E-state index is 13.0. The van der Waals surface area contributed by atoms with E-state index in [1.807, 2.05) is 20.8 Å². The van der Waals surface area contributed by atoms with Crippen LogP contribution in [0.15, 0.2) is 18.2 Å². The van der Waals surface area contributed by atoms with Gasteiger partial charge in [0.2, 0.25) is 0 Å². The highest BCUT2D eigenvalue weighted by Gasteiger charge is 2.36. The van der Waals surface area contributed by atoms with Crippen LogP contribution in [-0.4, -0.2) is 11.0 Å². The minimum Gasteiger partial charge on any atom is -0.382 e. The maximum absolute atomic E-state index is 13.0. The first kappa shape index (κ1) is 16.3. The van der Waals surface area contributed by atoms with Crippen molar-refractivity contribution in [1.29, 1.82) is 0 Å². The number of halogens is 3. The van der Waals surface area contributed by atoms with Gasteiger partial charge in [-0.1, -0.05) is 20.8 Å². The summed E-state index contributed by atoms with van der Waals surface area (Å²) in [6.45, 7) is 7.44. The predicted octanol–water partition coefficient (Wildman–Crippen LogP) is 4.46. The van der Waals surface area contributed by atoms with Crippen molar-refractivity contribution in [2.75, 3.05) is 5.32 Å². The van der Waals surface area contributed by atoms with Gasteiger partial charge in [0.05, 0.1) is 10.5 Å². The van der Waals surface area contributed by atoms with Crippen LogP contribution in [0.3, 0.4) is 0 Å². The molecule has 20 heavy (non-hydrogen) atoms. The number of nitro groups is 1. The molecule has 1 rings (SSSR count). The molecule has 0 aliphatic heterocycles. The number of hydrogen-bond acceptors (Lipinski definition) is 3. The molecule has 0 fully saturated rings. The van der Waals surface area contributed by atoms with E-state index < -0.39 is 22.4 Å². The number of non-ortho nitro benzene ring substituents is 1. The van der Waals surface area contributed by atoms with Crippen molar-refractivity contribution < 1.29 is 18.1 Å². The molecule has 4 nitrogen and oxygen atoms in total. The number of nitrogens with one attached hydrogen (secondary N) is 1. The second-order valence-corrected chi connectivity index (χ2v) is 5.72. The minimum atomic E-state index is -4.65. The van der Waals surface area contributed by atoms with Crippen molar-refractivity contribution >= 4 is 11.4 Å². The van der Waals surface area contributed by atoms with E-state index in [1.54, 1.807) is 6.92 Å². The molecule has 0 heterocycles. The summed E-state index contributed by atoms with van der Waals surface area (Å²) in [6.07, 6.45) is -4.65. The number of hydrogen-bond donors (Lipinski definition) is 1. The fourth-order valence-corrected chi connectivity index (χ4v) is 1.46. The van der Waals surface area contributed by atoms with Crippen LogP contribution in [0.5, 0.6) is 0 Å². The summed E-state index contributed by atoms with van der Waals surface area (Å²) >= 11 is 0. The van der Waals surface area contributed by atoms with Crippen LogP contribution in [0, 0.1) is 15.5 Å². The molecule has 0 aromatic heterocycles. The molecule has 0 bridgehead atoms. The lowest BCUT2D eigenvalue weighted by atomic mass is 9.88. The molecule has 0 aliphatic rings. The Hall–Kier alpha value is -1.79. The molecule has 1 aromatic rings. The lowest BCUT2D eigenvalue weighted by molar-refractivity contribution is -0.385. The number of alkyl halides is 3. The van der Waals surface area contributed by atoms with Gasteiger partial charge in [-0.3, -0.25) is 10.1 Å². The van der Waals surface area contributed by atoms with Crippen molar-refractivity contribution in [3.63, 3.8) is 0 Å². The van der Waals surface area contributed by atoms with Crippen LogP contribution >= 0.6 is 0 Å². The fraction of sp³-hybridized carbons (Fsp3) is 0.538. The van der Waals surface area contributed by atoms with Crippen LogP contribution in [0.4, 0.5) is 24.5 Å². The highest BCUT2D eigenvalue weighted by Crippen LogP contribution is 2.38. The lowest BCUT2D eigenvalue weighted by Gasteiger charge is -2.30. The normalized spacial score (nSPS) is 13.9. The molecule has 112 valence electrons. The Morgan fingerprint density at radius 3 is 2.20 bits per heavy atom. The van der Waals surface area contributed by atoms with Crippen LogP contribution in [0.2, 0.25) is 0 Å². The van der Waals surface area contributed by atoms with Crippen molar-refractivity contribution in [2.24, 2.45) is 5.41 Å². The van der Waals surface area contributed by atoms with Gasteiger partial charge in [-0.15, -0.1) is 0 Å². The Morgan fingerprint density at radius 1 is 1.25 bits per heavy atom. The van der Waals surface area contributed by atoms with Crippen LogP contribution in [0.1, 0.15) is 33.3 Å².